The van der Waals surface area contributed by atoms with E-state index >= 15 is 0 Å². The maximum atomic E-state index is 12.9. The molecule has 0 aliphatic carbocycles. The highest BCUT2D eigenvalue weighted by Gasteiger charge is 2.32. The zero-order valence-electron chi connectivity index (χ0n) is 12.3. The molecule has 122 valence electrons. The molecule has 2 aromatic rings. The number of halogens is 1. The first-order valence-corrected chi connectivity index (χ1v) is 8.54. The molecule has 0 spiro atoms. The lowest BCUT2D eigenvalue weighted by atomic mass is 9.98. The molecule has 3 rings (SSSR count). The van der Waals surface area contributed by atoms with Crippen molar-refractivity contribution in [2.24, 2.45) is 0 Å². The van der Waals surface area contributed by atoms with Crippen molar-refractivity contribution in [1.82, 2.24) is 0 Å². The van der Waals surface area contributed by atoms with E-state index in [2.05, 4.69) is 0 Å². The van der Waals surface area contributed by atoms with Crippen molar-refractivity contribution in [2.75, 3.05) is 12.5 Å². The van der Waals surface area contributed by atoms with Crippen LogP contribution in [0.5, 0.6) is 11.5 Å². The zero-order valence-corrected chi connectivity index (χ0v) is 13.1. The van der Waals surface area contributed by atoms with Gasteiger partial charge in [-0.3, -0.25) is 0 Å². The predicted octanol–water partition coefficient (Wildman–Crippen LogP) is 2.24. The number of ether oxygens (including phenoxy) is 2. The molecule has 0 bridgehead atoms. The van der Waals surface area contributed by atoms with E-state index in [0.717, 1.165) is 12.1 Å². The SMILES string of the molecule is CC(O)(CS(=O)(=O)c1ccc(F)cc1)c1ccc2c(c1)OCO2. The van der Waals surface area contributed by atoms with E-state index in [9.17, 15) is 17.9 Å². The van der Waals surface area contributed by atoms with Gasteiger partial charge >= 0.3 is 0 Å². The molecular weight excluding hydrogens is 323 g/mol. The number of fused-ring (bicyclic) bond motifs is 1. The fraction of sp³-hybridized carbons (Fsp3) is 0.250. The van der Waals surface area contributed by atoms with E-state index < -0.39 is 27.0 Å². The first-order chi connectivity index (χ1) is 10.8. The van der Waals surface area contributed by atoms with Gasteiger partial charge in [0.15, 0.2) is 21.3 Å². The first-order valence-electron chi connectivity index (χ1n) is 6.89. The molecule has 0 saturated carbocycles. The summed E-state index contributed by atoms with van der Waals surface area (Å²) in [7, 11) is -3.79. The molecule has 5 nitrogen and oxygen atoms in total. The molecular formula is C16H15FO5S. The average Bonchev–Trinajstić information content (AvgIpc) is 2.94. The van der Waals surface area contributed by atoms with Crippen LogP contribution in [0.4, 0.5) is 4.39 Å². The van der Waals surface area contributed by atoms with Gasteiger partial charge in [-0.1, -0.05) is 6.07 Å². The largest absolute Gasteiger partial charge is 0.454 e. The minimum absolute atomic E-state index is 0.0417. The third-order valence-corrected chi connectivity index (χ3v) is 5.57. The number of rotatable bonds is 4. The predicted molar refractivity (Wildman–Crippen MR) is 80.6 cm³/mol. The standard InChI is InChI=1S/C16H15FO5S/c1-16(18,11-2-7-14-15(8-11)22-10-21-14)9-23(19,20)13-5-3-12(17)4-6-13/h2-8,18H,9-10H2,1H3. The van der Waals surface area contributed by atoms with Crippen molar-refractivity contribution in [3.63, 3.8) is 0 Å². The lowest BCUT2D eigenvalue weighted by molar-refractivity contribution is 0.0816. The molecule has 0 aromatic heterocycles. The number of sulfone groups is 1. The van der Waals surface area contributed by atoms with Gasteiger partial charge in [0.1, 0.15) is 11.4 Å². The minimum atomic E-state index is -3.79. The topological polar surface area (TPSA) is 72.8 Å². The second-order valence-electron chi connectivity index (χ2n) is 5.55. The van der Waals surface area contributed by atoms with Crippen LogP contribution in [0.3, 0.4) is 0 Å². The van der Waals surface area contributed by atoms with Gasteiger partial charge in [-0.25, -0.2) is 12.8 Å². The maximum absolute atomic E-state index is 12.9. The molecule has 1 N–H and O–H groups in total. The van der Waals surface area contributed by atoms with E-state index in [1.54, 1.807) is 18.2 Å². The van der Waals surface area contributed by atoms with E-state index in [1.807, 2.05) is 0 Å². The van der Waals surface area contributed by atoms with Gasteiger partial charge in [0, 0.05) is 0 Å². The van der Waals surface area contributed by atoms with Crippen LogP contribution in [0.25, 0.3) is 0 Å². The van der Waals surface area contributed by atoms with Crippen molar-refractivity contribution in [1.29, 1.82) is 0 Å². The second kappa shape index (κ2) is 5.50. The Bertz CT molecular complexity index is 828. The molecule has 1 atom stereocenters. The summed E-state index contributed by atoms with van der Waals surface area (Å²) in [5.74, 6) is -0.0509. The van der Waals surface area contributed by atoms with E-state index in [4.69, 9.17) is 9.47 Å². The molecule has 0 fully saturated rings. The highest BCUT2D eigenvalue weighted by molar-refractivity contribution is 7.91. The van der Waals surface area contributed by atoms with Gasteiger partial charge in [-0.05, 0) is 48.9 Å². The summed E-state index contributed by atoms with van der Waals surface area (Å²) < 4.78 is 48.2. The molecule has 0 radical (unpaired) electrons. The van der Waals surface area contributed by atoms with E-state index in [-0.39, 0.29) is 11.7 Å². The van der Waals surface area contributed by atoms with E-state index in [1.165, 1.54) is 19.1 Å². The third kappa shape index (κ3) is 3.16. The third-order valence-electron chi connectivity index (χ3n) is 3.64. The highest BCUT2D eigenvalue weighted by Crippen LogP contribution is 2.36. The molecule has 7 heteroatoms. The fourth-order valence-corrected chi connectivity index (χ4v) is 4.03. The summed E-state index contributed by atoms with van der Waals surface area (Å²) in [5.41, 5.74) is -1.23. The monoisotopic (exact) mass is 338 g/mol. The Hall–Kier alpha value is -2.12. The number of hydrogen-bond donors (Lipinski definition) is 1. The molecule has 2 aromatic carbocycles. The number of hydrogen-bond acceptors (Lipinski definition) is 5. The molecule has 0 saturated heterocycles. The lowest BCUT2D eigenvalue weighted by Gasteiger charge is -2.24. The van der Waals surface area contributed by atoms with Crippen LogP contribution in [-0.2, 0) is 15.4 Å². The van der Waals surface area contributed by atoms with Crippen molar-refractivity contribution in [3.8, 4) is 11.5 Å². The van der Waals surface area contributed by atoms with Gasteiger partial charge in [0.05, 0.1) is 10.6 Å². The van der Waals surface area contributed by atoms with Gasteiger partial charge in [0.25, 0.3) is 0 Å². The summed E-state index contributed by atoms with van der Waals surface area (Å²) in [4.78, 5) is -0.0417. The summed E-state index contributed by atoms with van der Waals surface area (Å²) in [5, 5.41) is 10.6. The maximum Gasteiger partial charge on any atom is 0.231 e. The van der Waals surface area contributed by atoms with Crippen LogP contribution in [0.2, 0.25) is 0 Å². The summed E-state index contributed by atoms with van der Waals surface area (Å²) in [6, 6.07) is 9.28. The molecule has 0 amide bonds. The Morgan fingerprint density at radius 1 is 1.13 bits per heavy atom. The molecule has 23 heavy (non-hydrogen) atoms. The molecule has 1 heterocycles. The highest BCUT2D eigenvalue weighted by atomic mass is 32.2. The Labute approximate surface area is 133 Å². The van der Waals surface area contributed by atoms with Gasteiger partial charge < -0.3 is 14.6 Å². The second-order valence-corrected chi connectivity index (χ2v) is 7.54. The van der Waals surface area contributed by atoms with Crippen molar-refractivity contribution in [2.45, 2.75) is 17.4 Å². The average molecular weight is 338 g/mol. The first kappa shape index (κ1) is 15.8. The Balaban J connectivity index is 1.89. The molecule has 1 aliphatic rings. The summed E-state index contributed by atoms with van der Waals surface area (Å²) in [6.07, 6.45) is 0. The Kier molecular flexibility index (Phi) is 3.77. The van der Waals surface area contributed by atoms with E-state index in [0.29, 0.717) is 17.1 Å². The van der Waals surface area contributed by atoms with Gasteiger partial charge in [-0.15, -0.1) is 0 Å². The lowest BCUT2D eigenvalue weighted by Crippen LogP contribution is -2.31. The van der Waals surface area contributed by atoms with Crippen LogP contribution in [0.15, 0.2) is 47.4 Å². The number of benzene rings is 2. The minimum Gasteiger partial charge on any atom is -0.454 e. The summed E-state index contributed by atoms with van der Waals surface area (Å²) in [6.45, 7) is 1.50. The molecule has 1 aliphatic heterocycles. The summed E-state index contributed by atoms with van der Waals surface area (Å²) >= 11 is 0. The number of aliphatic hydroxyl groups is 1. The molecule has 1 unspecified atom stereocenters. The van der Waals surface area contributed by atoms with Crippen molar-refractivity contribution in [3.05, 3.63) is 53.8 Å². The smallest absolute Gasteiger partial charge is 0.231 e. The van der Waals surface area contributed by atoms with Gasteiger partial charge in [0.2, 0.25) is 6.79 Å². The normalized spacial score (nSPS) is 16.1. The van der Waals surface area contributed by atoms with Crippen LogP contribution < -0.4 is 9.47 Å². The van der Waals surface area contributed by atoms with Crippen LogP contribution in [0, 0.1) is 5.82 Å². The fourth-order valence-electron chi connectivity index (χ4n) is 2.41. The van der Waals surface area contributed by atoms with Crippen molar-refractivity contribution >= 4 is 9.84 Å². The van der Waals surface area contributed by atoms with Crippen LogP contribution in [0.1, 0.15) is 12.5 Å². The van der Waals surface area contributed by atoms with Crippen LogP contribution >= 0.6 is 0 Å². The Morgan fingerprint density at radius 2 is 1.78 bits per heavy atom. The van der Waals surface area contributed by atoms with Gasteiger partial charge in [-0.2, -0.15) is 0 Å². The quantitative estimate of drug-likeness (QED) is 0.866. The zero-order chi connectivity index (χ0) is 16.7. The van der Waals surface area contributed by atoms with Crippen molar-refractivity contribution < 1.29 is 27.4 Å². The van der Waals surface area contributed by atoms with Crippen LogP contribution in [-0.4, -0.2) is 26.1 Å². The Morgan fingerprint density at radius 3 is 2.48 bits per heavy atom.